The van der Waals surface area contributed by atoms with Crippen LogP contribution < -0.4 is 15.4 Å². The average Bonchev–Trinajstić information content (AvgIpc) is 2.93. The molecule has 3 heterocycles. The van der Waals surface area contributed by atoms with Gasteiger partial charge in [0.05, 0.1) is 6.54 Å². The van der Waals surface area contributed by atoms with Crippen molar-refractivity contribution in [1.82, 2.24) is 14.9 Å². The Bertz CT molecular complexity index is 1550. The topological polar surface area (TPSA) is 102 Å². The van der Waals surface area contributed by atoms with Crippen molar-refractivity contribution < 1.29 is 27.5 Å². The molecular weight excluding hydrogens is 523 g/mol. The van der Waals surface area contributed by atoms with Crippen molar-refractivity contribution in [1.29, 1.82) is 0 Å². The number of aromatic nitrogens is 2. The lowest BCUT2D eigenvalue weighted by molar-refractivity contribution is -0.274. The van der Waals surface area contributed by atoms with E-state index in [1.807, 2.05) is 17.0 Å². The van der Waals surface area contributed by atoms with Crippen LogP contribution in [0.1, 0.15) is 15.9 Å². The first kappa shape index (κ1) is 26.8. The van der Waals surface area contributed by atoms with Crippen molar-refractivity contribution in [3.8, 4) is 28.0 Å². The van der Waals surface area contributed by atoms with Gasteiger partial charge in [0.25, 0.3) is 0 Å². The molecule has 0 atom stereocenters. The number of carbonyl (C=O) groups excluding carboxylic acids is 2. The summed E-state index contributed by atoms with van der Waals surface area (Å²) in [5, 5.41) is 0. The molecule has 5 rings (SSSR count). The molecule has 0 aliphatic carbocycles. The maximum Gasteiger partial charge on any atom is 0.573 e. The normalized spacial score (nSPS) is 14.3. The van der Waals surface area contributed by atoms with Crippen LogP contribution in [0.25, 0.3) is 22.3 Å². The van der Waals surface area contributed by atoms with Crippen molar-refractivity contribution in [2.24, 2.45) is 5.73 Å². The summed E-state index contributed by atoms with van der Waals surface area (Å²) in [4.78, 5) is 37.1. The zero-order valence-electron chi connectivity index (χ0n) is 21.1. The van der Waals surface area contributed by atoms with Gasteiger partial charge in [-0.2, -0.15) is 0 Å². The van der Waals surface area contributed by atoms with Gasteiger partial charge in [-0.1, -0.05) is 18.2 Å². The molecule has 2 amide bonds. The quantitative estimate of drug-likeness (QED) is 0.361. The second kappa shape index (κ2) is 11.1. The predicted octanol–water partition coefficient (Wildman–Crippen LogP) is 4.66. The maximum absolute atomic E-state index is 13.3. The third kappa shape index (κ3) is 6.10. The predicted molar refractivity (Wildman–Crippen MR) is 142 cm³/mol. The van der Waals surface area contributed by atoms with Crippen LogP contribution in [0.4, 0.5) is 19.0 Å². The molecule has 0 spiro atoms. The minimum atomic E-state index is -4.90. The molecule has 1 aliphatic heterocycles. The second-order valence-corrected chi connectivity index (χ2v) is 9.19. The number of piperazine rings is 1. The first-order valence-electron chi connectivity index (χ1n) is 12.3. The molecule has 2 aromatic heterocycles. The number of pyridine rings is 2. The van der Waals surface area contributed by atoms with E-state index in [2.05, 4.69) is 14.7 Å². The second-order valence-electron chi connectivity index (χ2n) is 9.19. The Morgan fingerprint density at radius 2 is 1.73 bits per heavy atom. The fourth-order valence-electron chi connectivity index (χ4n) is 4.68. The summed E-state index contributed by atoms with van der Waals surface area (Å²) in [7, 11) is 0. The largest absolute Gasteiger partial charge is 0.573 e. The molecule has 8 nitrogen and oxygen atoms in total. The number of anilines is 1. The highest BCUT2D eigenvalue weighted by Gasteiger charge is 2.32. The molecule has 40 heavy (non-hydrogen) atoms. The summed E-state index contributed by atoms with van der Waals surface area (Å²) < 4.78 is 43.5. The van der Waals surface area contributed by atoms with E-state index in [9.17, 15) is 22.8 Å². The number of alkyl halides is 3. The molecule has 0 radical (unpaired) electrons. The van der Waals surface area contributed by atoms with Gasteiger partial charge in [0, 0.05) is 49.4 Å². The Kier molecular flexibility index (Phi) is 7.47. The van der Waals surface area contributed by atoms with Gasteiger partial charge in [-0.25, -0.2) is 4.98 Å². The lowest BCUT2D eigenvalue weighted by atomic mass is 9.93. The summed E-state index contributed by atoms with van der Waals surface area (Å²) in [5.74, 6) is -0.953. The maximum atomic E-state index is 13.3. The molecular formula is C29H24F3N5O3. The van der Waals surface area contributed by atoms with Crippen molar-refractivity contribution in [2.75, 3.05) is 24.5 Å². The third-order valence-corrected chi connectivity index (χ3v) is 6.47. The number of ether oxygens (including phenoxy) is 1. The van der Waals surface area contributed by atoms with E-state index in [4.69, 9.17) is 5.73 Å². The van der Waals surface area contributed by atoms with Gasteiger partial charge >= 0.3 is 6.36 Å². The number of amides is 2. The van der Waals surface area contributed by atoms with E-state index >= 15 is 0 Å². The monoisotopic (exact) mass is 547 g/mol. The number of hydrogen-bond acceptors (Lipinski definition) is 6. The lowest BCUT2D eigenvalue weighted by Gasteiger charge is -2.34. The van der Waals surface area contributed by atoms with Gasteiger partial charge < -0.3 is 10.5 Å². The van der Waals surface area contributed by atoms with E-state index in [-0.39, 0.29) is 18.0 Å². The van der Waals surface area contributed by atoms with Crippen LogP contribution in [0.2, 0.25) is 0 Å². The molecule has 204 valence electrons. The third-order valence-electron chi connectivity index (χ3n) is 6.47. The minimum Gasteiger partial charge on any atom is -0.406 e. The summed E-state index contributed by atoms with van der Waals surface area (Å²) in [5.41, 5.74) is 8.56. The Balaban J connectivity index is 1.53. The van der Waals surface area contributed by atoms with Crippen molar-refractivity contribution >= 4 is 17.6 Å². The number of nitrogens with two attached hydrogens (primary N) is 1. The van der Waals surface area contributed by atoms with Gasteiger partial charge in [0.15, 0.2) is 0 Å². The Morgan fingerprint density at radius 1 is 0.925 bits per heavy atom. The van der Waals surface area contributed by atoms with Crippen LogP contribution in [-0.4, -0.2) is 52.7 Å². The first-order chi connectivity index (χ1) is 19.2. The van der Waals surface area contributed by atoms with Crippen LogP contribution in [0.3, 0.4) is 0 Å². The zero-order valence-corrected chi connectivity index (χ0v) is 21.1. The van der Waals surface area contributed by atoms with Gasteiger partial charge in [0.2, 0.25) is 11.8 Å². The van der Waals surface area contributed by atoms with Crippen LogP contribution in [0.5, 0.6) is 5.75 Å². The van der Waals surface area contributed by atoms with Gasteiger partial charge in [0.1, 0.15) is 11.6 Å². The molecule has 2 N–H and O–H groups in total. The highest BCUT2D eigenvalue weighted by molar-refractivity contribution is 6.00. The minimum absolute atomic E-state index is 0.142. The molecule has 1 saturated heterocycles. The molecule has 0 unspecified atom stereocenters. The molecule has 0 bridgehead atoms. The van der Waals surface area contributed by atoms with Crippen molar-refractivity contribution in [3.05, 3.63) is 96.4 Å². The van der Waals surface area contributed by atoms with Gasteiger partial charge in [-0.3, -0.25) is 24.4 Å². The molecule has 2 aromatic carbocycles. The number of halogens is 3. The SMILES string of the molecule is NC(=O)c1cccc(-c2ccc(OC(F)(F)F)cc2-c2cccnc2N2CCN(Cc3ccncc3)CC2=O)c1. The molecule has 1 aliphatic rings. The standard InChI is InChI=1S/C29H24F3N5O3/c30-29(31,32)40-22-6-7-23(20-3-1-4-21(15-20)27(33)39)25(16-22)24-5-2-10-35-28(24)37-14-13-36(18-26(37)38)17-19-8-11-34-12-9-19/h1-12,15-16H,13-14,17-18H2,(H2,33,39). The average molecular weight is 548 g/mol. The summed E-state index contributed by atoms with van der Waals surface area (Å²) in [6, 6.07) is 17.5. The van der Waals surface area contributed by atoms with E-state index < -0.39 is 18.0 Å². The van der Waals surface area contributed by atoms with E-state index in [1.54, 1.807) is 53.7 Å². The fraction of sp³-hybridized carbons (Fsp3) is 0.172. The fourth-order valence-corrected chi connectivity index (χ4v) is 4.68. The Labute approximate surface area is 227 Å². The van der Waals surface area contributed by atoms with E-state index in [0.717, 1.165) is 5.56 Å². The number of nitrogens with zero attached hydrogens (tertiary/aromatic N) is 4. The summed E-state index contributed by atoms with van der Waals surface area (Å²) in [6.07, 6.45) is 0.0181. The molecule has 1 fully saturated rings. The number of primary amides is 1. The number of benzene rings is 2. The van der Waals surface area contributed by atoms with Crippen molar-refractivity contribution in [2.45, 2.75) is 12.9 Å². The highest BCUT2D eigenvalue weighted by Crippen LogP contribution is 2.40. The first-order valence-corrected chi connectivity index (χ1v) is 12.3. The Hall–Kier alpha value is -4.77. The number of carbonyl (C=O) groups is 2. The molecule has 0 saturated carbocycles. The van der Waals surface area contributed by atoms with Crippen LogP contribution in [0.15, 0.2) is 85.3 Å². The van der Waals surface area contributed by atoms with Crippen LogP contribution in [-0.2, 0) is 11.3 Å². The molecule has 4 aromatic rings. The van der Waals surface area contributed by atoms with Crippen LogP contribution in [0, 0.1) is 0 Å². The number of hydrogen-bond donors (Lipinski definition) is 1. The lowest BCUT2D eigenvalue weighted by Crippen LogP contribution is -2.50. The summed E-state index contributed by atoms with van der Waals surface area (Å²) >= 11 is 0. The van der Waals surface area contributed by atoms with Crippen LogP contribution >= 0.6 is 0 Å². The van der Waals surface area contributed by atoms with Gasteiger partial charge in [-0.15, -0.1) is 13.2 Å². The Morgan fingerprint density at radius 3 is 2.45 bits per heavy atom. The molecule has 11 heteroatoms. The van der Waals surface area contributed by atoms with E-state index in [0.29, 0.717) is 47.7 Å². The highest BCUT2D eigenvalue weighted by atomic mass is 19.4. The summed E-state index contributed by atoms with van der Waals surface area (Å²) in [6.45, 7) is 1.62. The van der Waals surface area contributed by atoms with E-state index in [1.165, 1.54) is 24.4 Å². The zero-order chi connectivity index (χ0) is 28.3. The van der Waals surface area contributed by atoms with Gasteiger partial charge in [-0.05, 0) is 70.8 Å². The van der Waals surface area contributed by atoms with Crippen molar-refractivity contribution in [3.63, 3.8) is 0 Å². The smallest absolute Gasteiger partial charge is 0.406 e. The number of rotatable bonds is 7.